The molecule has 0 bridgehead atoms. The lowest BCUT2D eigenvalue weighted by molar-refractivity contribution is -0.119. The first-order valence-electron chi connectivity index (χ1n) is 5.51. The highest BCUT2D eigenvalue weighted by Gasteiger charge is 2.18. The molecule has 1 fully saturated rings. The van der Waals surface area contributed by atoms with Gasteiger partial charge in [-0.25, -0.2) is 0 Å². The summed E-state index contributed by atoms with van der Waals surface area (Å²) in [5, 5.41) is 0. The molecular formula is C13H17NO. The van der Waals surface area contributed by atoms with Crippen LogP contribution in [0.2, 0.25) is 0 Å². The molecule has 1 aliphatic rings. The Morgan fingerprint density at radius 3 is 2.13 bits per heavy atom. The average molecular weight is 203 g/mol. The van der Waals surface area contributed by atoms with Crippen LogP contribution in [-0.2, 0) is 4.79 Å². The van der Waals surface area contributed by atoms with E-state index in [9.17, 15) is 4.79 Å². The molecule has 1 saturated heterocycles. The lowest BCUT2D eigenvalue weighted by atomic mass is 10.0. The van der Waals surface area contributed by atoms with Crippen molar-refractivity contribution in [3.8, 4) is 0 Å². The first kappa shape index (κ1) is 10.2. The van der Waals surface area contributed by atoms with E-state index in [1.54, 1.807) is 0 Å². The Morgan fingerprint density at radius 2 is 1.60 bits per heavy atom. The molecule has 1 aromatic carbocycles. The van der Waals surface area contributed by atoms with Crippen molar-refractivity contribution in [2.24, 2.45) is 0 Å². The van der Waals surface area contributed by atoms with Crippen LogP contribution in [-0.4, -0.2) is 18.9 Å². The normalized spacial score (nSPS) is 16.9. The maximum atomic E-state index is 11.2. The molecule has 0 N–H and O–H groups in total. The molecule has 0 amide bonds. The standard InChI is InChI=1S/C13H17NO/c1-10-4-3-5-11(2)13(10)14-8-6-12(15)7-9-14/h3-5H,6-9H2,1-2H3. The highest BCUT2D eigenvalue weighted by Crippen LogP contribution is 2.26. The van der Waals surface area contributed by atoms with Gasteiger partial charge in [0.2, 0.25) is 0 Å². The van der Waals surface area contributed by atoms with Crippen molar-refractivity contribution in [1.82, 2.24) is 0 Å². The van der Waals surface area contributed by atoms with E-state index in [4.69, 9.17) is 0 Å². The molecule has 0 spiro atoms. The number of Topliss-reactive ketones (excluding diaryl/α,β-unsaturated/α-hetero) is 1. The Hall–Kier alpha value is -1.31. The molecular weight excluding hydrogens is 186 g/mol. The molecule has 0 radical (unpaired) electrons. The molecule has 0 aliphatic carbocycles. The molecule has 0 unspecified atom stereocenters. The quantitative estimate of drug-likeness (QED) is 0.699. The number of carbonyl (C=O) groups is 1. The number of rotatable bonds is 1. The maximum Gasteiger partial charge on any atom is 0.136 e. The number of anilines is 1. The summed E-state index contributed by atoms with van der Waals surface area (Å²) < 4.78 is 0. The number of para-hydroxylation sites is 1. The highest BCUT2D eigenvalue weighted by atomic mass is 16.1. The van der Waals surface area contributed by atoms with E-state index in [2.05, 4.69) is 36.9 Å². The molecule has 1 heterocycles. The van der Waals surface area contributed by atoms with E-state index in [1.165, 1.54) is 16.8 Å². The fourth-order valence-electron chi connectivity index (χ4n) is 2.28. The number of piperidine rings is 1. The van der Waals surface area contributed by atoms with Gasteiger partial charge in [-0.2, -0.15) is 0 Å². The van der Waals surface area contributed by atoms with Crippen LogP contribution in [0.5, 0.6) is 0 Å². The number of benzene rings is 1. The SMILES string of the molecule is Cc1cccc(C)c1N1CCC(=O)CC1. The van der Waals surface area contributed by atoms with Gasteiger partial charge in [-0.1, -0.05) is 18.2 Å². The molecule has 0 aromatic heterocycles. The Labute approximate surface area is 90.9 Å². The van der Waals surface area contributed by atoms with Crippen LogP contribution in [0.3, 0.4) is 0 Å². The fraction of sp³-hybridized carbons (Fsp3) is 0.462. The summed E-state index contributed by atoms with van der Waals surface area (Å²) in [6.45, 7) is 6.03. The van der Waals surface area contributed by atoms with E-state index in [1.807, 2.05) is 0 Å². The van der Waals surface area contributed by atoms with Crippen LogP contribution in [0.25, 0.3) is 0 Å². The summed E-state index contributed by atoms with van der Waals surface area (Å²) in [6, 6.07) is 6.36. The van der Waals surface area contributed by atoms with E-state index in [0.29, 0.717) is 18.6 Å². The lowest BCUT2D eigenvalue weighted by Crippen LogP contribution is -2.34. The molecule has 2 rings (SSSR count). The smallest absolute Gasteiger partial charge is 0.136 e. The largest absolute Gasteiger partial charge is 0.370 e. The maximum absolute atomic E-state index is 11.2. The van der Waals surface area contributed by atoms with Crippen molar-refractivity contribution in [2.75, 3.05) is 18.0 Å². The topological polar surface area (TPSA) is 20.3 Å². The van der Waals surface area contributed by atoms with Crippen LogP contribution >= 0.6 is 0 Å². The van der Waals surface area contributed by atoms with Gasteiger partial charge in [0, 0.05) is 31.6 Å². The van der Waals surface area contributed by atoms with Gasteiger partial charge in [0.15, 0.2) is 0 Å². The summed E-state index contributed by atoms with van der Waals surface area (Å²) in [7, 11) is 0. The van der Waals surface area contributed by atoms with Crippen LogP contribution in [0, 0.1) is 13.8 Å². The molecule has 1 aromatic rings. The third-order valence-electron chi connectivity index (χ3n) is 3.08. The predicted molar refractivity (Wildman–Crippen MR) is 62.4 cm³/mol. The number of hydrogen-bond acceptors (Lipinski definition) is 2. The van der Waals surface area contributed by atoms with Crippen molar-refractivity contribution in [2.45, 2.75) is 26.7 Å². The van der Waals surface area contributed by atoms with Gasteiger partial charge < -0.3 is 4.90 Å². The number of ketones is 1. The first-order valence-corrected chi connectivity index (χ1v) is 5.51. The predicted octanol–water partition coefficient (Wildman–Crippen LogP) is 2.47. The van der Waals surface area contributed by atoms with Crippen LogP contribution in [0.4, 0.5) is 5.69 Å². The molecule has 15 heavy (non-hydrogen) atoms. The van der Waals surface area contributed by atoms with Crippen molar-refractivity contribution in [3.63, 3.8) is 0 Å². The van der Waals surface area contributed by atoms with Crippen LogP contribution < -0.4 is 4.90 Å². The molecule has 2 nitrogen and oxygen atoms in total. The molecule has 0 atom stereocenters. The first-order chi connectivity index (χ1) is 7.18. The Bertz CT molecular complexity index is 354. The minimum Gasteiger partial charge on any atom is -0.370 e. The van der Waals surface area contributed by atoms with Gasteiger partial charge in [-0.15, -0.1) is 0 Å². The van der Waals surface area contributed by atoms with E-state index in [-0.39, 0.29) is 0 Å². The van der Waals surface area contributed by atoms with Gasteiger partial charge in [0.1, 0.15) is 5.78 Å². The van der Waals surface area contributed by atoms with Gasteiger partial charge in [-0.05, 0) is 25.0 Å². The Kier molecular flexibility index (Phi) is 2.76. The molecule has 0 saturated carbocycles. The number of nitrogens with zero attached hydrogens (tertiary/aromatic N) is 1. The van der Waals surface area contributed by atoms with Crippen LogP contribution in [0.15, 0.2) is 18.2 Å². The summed E-state index contributed by atoms with van der Waals surface area (Å²) in [6.07, 6.45) is 1.40. The monoisotopic (exact) mass is 203 g/mol. The average Bonchev–Trinajstić information content (AvgIpc) is 2.20. The summed E-state index contributed by atoms with van der Waals surface area (Å²) in [5.74, 6) is 0.400. The molecule has 2 heteroatoms. The van der Waals surface area contributed by atoms with Gasteiger partial charge in [0.05, 0.1) is 0 Å². The summed E-state index contributed by atoms with van der Waals surface area (Å²) >= 11 is 0. The van der Waals surface area contributed by atoms with Crippen LogP contribution in [0.1, 0.15) is 24.0 Å². The zero-order valence-corrected chi connectivity index (χ0v) is 9.42. The van der Waals surface area contributed by atoms with Gasteiger partial charge in [-0.3, -0.25) is 4.79 Å². The summed E-state index contributed by atoms with van der Waals surface area (Å²) in [4.78, 5) is 13.5. The number of hydrogen-bond donors (Lipinski definition) is 0. The minimum atomic E-state index is 0.400. The second kappa shape index (κ2) is 4.05. The van der Waals surface area contributed by atoms with E-state index in [0.717, 1.165) is 13.1 Å². The lowest BCUT2D eigenvalue weighted by Gasteiger charge is -2.30. The number of carbonyl (C=O) groups excluding carboxylic acids is 1. The Morgan fingerprint density at radius 1 is 1.07 bits per heavy atom. The number of aryl methyl sites for hydroxylation is 2. The van der Waals surface area contributed by atoms with Gasteiger partial charge in [0.25, 0.3) is 0 Å². The van der Waals surface area contributed by atoms with Crippen molar-refractivity contribution >= 4 is 11.5 Å². The third kappa shape index (κ3) is 2.04. The Balaban J connectivity index is 2.26. The van der Waals surface area contributed by atoms with Crippen molar-refractivity contribution < 1.29 is 4.79 Å². The van der Waals surface area contributed by atoms with Gasteiger partial charge >= 0.3 is 0 Å². The van der Waals surface area contributed by atoms with E-state index >= 15 is 0 Å². The molecule has 80 valence electrons. The van der Waals surface area contributed by atoms with Crippen molar-refractivity contribution in [3.05, 3.63) is 29.3 Å². The molecule has 1 aliphatic heterocycles. The second-order valence-corrected chi connectivity index (χ2v) is 4.27. The van der Waals surface area contributed by atoms with Crippen molar-refractivity contribution in [1.29, 1.82) is 0 Å². The zero-order valence-electron chi connectivity index (χ0n) is 9.42. The third-order valence-corrected chi connectivity index (χ3v) is 3.08. The van der Waals surface area contributed by atoms with E-state index < -0.39 is 0 Å². The summed E-state index contributed by atoms with van der Waals surface area (Å²) in [5.41, 5.74) is 3.94. The fourth-order valence-corrected chi connectivity index (χ4v) is 2.28. The highest BCUT2D eigenvalue weighted by molar-refractivity contribution is 5.81. The second-order valence-electron chi connectivity index (χ2n) is 4.27. The zero-order chi connectivity index (χ0) is 10.8. The minimum absolute atomic E-state index is 0.400.